The zero-order valence-electron chi connectivity index (χ0n) is 13.7. The Hall–Kier alpha value is -2.05. The Morgan fingerprint density at radius 2 is 2.08 bits per heavy atom. The first kappa shape index (κ1) is 15.5. The quantitative estimate of drug-likeness (QED) is 0.726. The smallest absolute Gasteiger partial charge is 0.150 e. The summed E-state index contributed by atoms with van der Waals surface area (Å²) < 4.78 is 7.22. The maximum Gasteiger partial charge on any atom is 0.150 e. The van der Waals surface area contributed by atoms with E-state index in [1.54, 1.807) is 11.3 Å². The van der Waals surface area contributed by atoms with Crippen LogP contribution in [0.1, 0.15) is 24.4 Å². The molecule has 1 saturated heterocycles. The normalized spacial score (nSPS) is 16.0. The molecule has 1 aliphatic heterocycles. The second-order valence-electron chi connectivity index (χ2n) is 6.05. The van der Waals surface area contributed by atoms with Crippen molar-refractivity contribution < 1.29 is 4.74 Å². The number of piperidine rings is 1. The van der Waals surface area contributed by atoms with E-state index in [0.717, 1.165) is 48.8 Å². The second-order valence-corrected chi connectivity index (χ2v) is 6.96. The fraction of sp³-hybridized carbons (Fsp3) is 0.389. The van der Waals surface area contributed by atoms with Gasteiger partial charge in [-0.1, -0.05) is 6.07 Å². The van der Waals surface area contributed by atoms with Crippen LogP contribution in [-0.2, 0) is 11.3 Å². The third-order valence-electron chi connectivity index (χ3n) is 4.33. The monoisotopic (exact) mass is 340 g/mol. The molecule has 5 nitrogen and oxygen atoms in total. The molecule has 0 radical (unpaired) electrons. The Morgan fingerprint density at radius 1 is 1.21 bits per heavy atom. The van der Waals surface area contributed by atoms with Gasteiger partial charge in [-0.25, -0.2) is 9.97 Å². The van der Waals surface area contributed by atoms with Crippen LogP contribution in [0.25, 0.3) is 10.2 Å². The van der Waals surface area contributed by atoms with Gasteiger partial charge in [-0.15, -0.1) is 11.3 Å². The van der Waals surface area contributed by atoms with E-state index in [2.05, 4.69) is 26.3 Å². The molecule has 0 N–H and O–H groups in total. The van der Waals surface area contributed by atoms with Crippen molar-refractivity contribution in [2.45, 2.75) is 32.5 Å². The van der Waals surface area contributed by atoms with Crippen LogP contribution in [0.15, 0.2) is 35.8 Å². The van der Waals surface area contributed by atoms with Crippen LogP contribution in [0.3, 0.4) is 0 Å². The average molecular weight is 340 g/mol. The summed E-state index contributed by atoms with van der Waals surface area (Å²) >= 11 is 1.72. The van der Waals surface area contributed by atoms with Gasteiger partial charge in [0.15, 0.2) is 0 Å². The minimum absolute atomic E-state index is 0.296. The Morgan fingerprint density at radius 3 is 2.88 bits per heavy atom. The van der Waals surface area contributed by atoms with Crippen molar-refractivity contribution in [1.82, 2.24) is 15.0 Å². The molecule has 0 unspecified atom stereocenters. The Bertz CT molecular complexity index is 812. The molecule has 0 atom stereocenters. The van der Waals surface area contributed by atoms with Gasteiger partial charge < -0.3 is 9.64 Å². The predicted molar refractivity (Wildman–Crippen MR) is 96.4 cm³/mol. The van der Waals surface area contributed by atoms with Crippen molar-refractivity contribution >= 4 is 27.4 Å². The molecule has 0 amide bonds. The number of aromatic nitrogens is 3. The van der Waals surface area contributed by atoms with Crippen LogP contribution in [0.2, 0.25) is 0 Å². The van der Waals surface area contributed by atoms with Gasteiger partial charge in [0.1, 0.15) is 11.6 Å². The lowest BCUT2D eigenvalue weighted by atomic mass is 10.1. The van der Waals surface area contributed by atoms with E-state index in [1.807, 2.05) is 31.3 Å². The maximum atomic E-state index is 6.03. The zero-order chi connectivity index (χ0) is 16.4. The molecule has 4 heterocycles. The van der Waals surface area contributed by atoms with E-state index in [1.165, 1.54) is 4.70 Å². The van der Waals surface area contributed by atoms with Crippen molar-refractivity contribution in [1.29, 1.82) is 0 Å². The summed E-state index contributed by atoms with van der Waals surface area (Å²) in [7, 11) is 0. The Kier molecular flexibility index (Phi) is 4.40. The third-order valence-corrected chi connectivity index (χ3v) is 5.23. The van der Waals surface area contributed by atoms with Crippen molar-refractivity contribution in [2.24, 2.45) is 0 Å². The highest BCUT2D eigenvalue weighted by atomic mass is 32.1. The lowest BCUT2D eigenvalue weighted by molar-refractivity contribution is 0.0234. The van der Waals surface area contributed by atoms with Crippen LogP contribution in [0.5, 0.6) is 0 Å². The number of rotatable bonds is 4. The van der Waals surface area contributed by atoms with Crippen LogP contribution >= 0.6 is 11.3 Å². The minimum Gasteiger partial charge on any atom is -0.372 e. The average Bonchev–Trinajstić information content (AvgIpc) is 3.09. The summed E-state index contributed by atoms with van der Waals surface area (Å²) in [5.74, 6) is 1.92. The van der Waals surface area contributed by atoms with Gasteiger partial charge in [0.05, 0.1) is 28.6 Å². The number of hydrogen-bond donors (Lipinski definition) is 0. The van der Waals surface area contributed by atoms with E-state index in [0.29, 0.717) is 12.7 Å². The van der Waals surface area contributed by atoms with Gasteiger partial charge in [0.2, 0.25) is 0 Å². The van der Waals surface area contributed by atoms with E-state index in [9.17, 15) is 0 Å². The summed E-state index contributed by atoms with van der Waals surface area (Å²) in [6, 6.07) is 8.00. The fourth-order valence-corrected chi connectivity index (χ4v) is 3.94. The highest BCUT2D eigenvalue weighted by Crippen LogP contribution is 2.31. The molecule has 1 fully saturated rings. The standard InChI is InChI=1S/C18H20N4OS/c1-13-20-16-7-11-24-17(16)18(21-13)22-9-5-15(6-10-22)23-12-14-4-2-3-8-19-14/h2-4,7-8,11,15H,5-6,9-10,12H2,1H3. The summed E-state index contributed by atoms with van der Waals surface area (Å²) in [6.07, 6.45) is 4.14. The summed E-state index contributed by atoms with van der Waals surface area (Å²) in [5.41, 5.74) is 2.04. The third kappa shape index (κ3) is 3.25. The molecule has 0 saturated carbocycles. The van der Waals surface area contributed by atoms with Gasteiger partial charge in [0.25, 0.3) is 0 Å². The molecule has 124 valence electrons. The van der Waals surface area contributed by atoms with Crippen molar-refractivity contribution in [3.63, 3.8) is 0 Å². The van der Waals surface area contributed by atoms with Crippen molar-refractivity contribution in [3.05, 3.63) is 47.4 Å². The van der Waals surface area contributed by atoms with E-state index < -0.39 is 0 Å². The highest BCUT2D eigenvalue weighted by Gasteiger charge is 2.23. The number of aryl methyl sites for hydroxylation is 1. The topological polar surface area (TPSA) is 51.1 Å². The van der Waals surface area contributed by atoms with Crippen LogP contribution in [-0.4, -0.2) is 34.1 Å². The SMILES string of the molecule is Cc1nc(N2CCC(OCc3ccccn3)CC2)c2sccc2n1. The number of pyridine rings is 1. The minimum atomic E-state index is 0.296. The van der Waals surface area contributed by atoms with Gasteiger partial charge in [-0.3, -0.25) is 4.98 Å². The van der Waals surface area contributed by atoms with Gasteiger partial charge in [-0.05, 0) is 43.3 Å². The summed E-state index contributed by atoms with van der Waals surface area (Å²) in [6.45, 7) is 4.49. The number of nitrogens with zero attached hydrogens (tertiary/aromatic N) is 4. The molecule has 0 aliphatic carbocycles. The number of fused-ring (bicyclic) bond motifs is 1. The second kappa shape index (κ2) is 6.83. The number of ether oxygens (including phenoxy) is 1. The van der Waals surface area contributed by atoms with Crippen LogP contribution < -0.4 is 4.90 Å². The lowest BCUT2D eigenvalue weighted by Gasteiger charge is -2.33. The first-order valence-electron chi connectivity index (χ1n) is 8.28. The molecule has 6 heteroatoms. The molecule has 24 heavy (non-hydrogen) atoms. The molecule has 3 aromatic rings. The van der Waals surface area contributed by atoms with Crippen LogP contribution in [0.4, 0.5) is 5.82 Å². The van der Waals surface area contributed by atoms with Gasteiger partial charge in [-0.2, -0.15) is 0 Å². The van der Waals surface area contributed by atoms with Gasteiger partial charge >= 0.3 is 0 Å². The molecule has 4 rings (SSSR count). The van der Waals surface area contributed by atoms with E-state index in [-0.39, 0.29) is 0 Å². The van der Waals surface area contributed by atoms with Crippen molar-refractivity contribution in [2.75, 3.05) is 18.0 Å². The Balaban J connectivity index is 1.39. The predicted octanol–water partition coefficient (Wildman–Crippen LogP) is 3.58. The van der Waals surface area contributed by atoms with Gasteiger partial charge in [0, 0.05) is 19.3 Å². The summed E-state index contributed by atoms with van der Waals surface area (Å²) in [5, 5.41) is 2.09. The zero-order valence-corrected chi connectivity index (χ0v) is 14.5. The maximum absolute atomic E-state index is 6.03. The molecule has 0 spiro atoms. The summed E-state index contributed by atoms with van der Waals surface area (Å²) in [4.78, 5) is 15.9. The number of anilines is 1. The fourth-order valence-electron chi connectivity index (χ4n) is 3.10. The Labute approximate surface area is 145 Å². The molecule has 0 aromatic carbocycles. The van der Waals surface area contributed by atoms with E-state index in [4.69, 9.17) is 9.72 Å². The largest absolute Gasteiger partial charge is 0.372 e. The van der Waals surface area contributed by atoms with Crippen molar-refractivity contribution in [3.8, 4) is 0 Å². The molecular weight excluding hydrogens is 320 g/mol. The highest BCUT2D eigenvalue weighted by molar-refractivity contribution is 7.17. The van der Waals surface area contributed by atoms with Crippen LogP contribution in [0, 0.1) is 6.92 Å². The molecule has 1 aliphatic rings. The molecular formula is C18H20N4OS. The number of thiophene rings is 1. The van der Waals surface area contributed by atoms with E-state index >= 15 is 0 Å². The molecule has 0 bridgehead atoms. The molecule has 3 aromatic heterocycles. The number of hydrogen-bond acceptors (Lipinski definition) is 6. The first-order chi connectivity index (χ1) is 11.8. The lowest BCUT2D eigenvalue weighted by Crippen LogP contribution is -2.37. The first-order valence-corrected chi connectivity index (χ1v) is 9.16.